The van der Waals surface area contributed by atoms with Crippen molar-refractivity contribution in [3.63, 3.8) is 0 Å². The SMILES string of the molecule is Cc1cccc(NC(=O)CSCC(=O)Nc2cccc(C(=O)N3CCCCC3)c2)c1. The molecule has 6 nitrogen and oxygen atoms in total. The number of carbonyl (C=O) groups excluding carboxylic acids is 3. The molecule has 30 heavy (non-hydrogen) atoms. The molecule has 1 saturated heterocycles. The number of amides is 3. The molecule has 1 aliphatic rings. The minimum atomic E-state index is -0.203. The van der Waals surface area contributed by atoms with Crippen LogP contribution in [-0.2, 0) is 9.59 Å². The highest BCUT2D eigenvalue weighted by molar-refractivity contribution is 8.00. The molecule has 2 aromatic rings. The number of carbonyl (C=O) groups is 3. The molecular weight excluding hydrogens is 398 g/mol. The second-order valence-corrected chi connectivity index (χ2v) is 8.38. The van der Waals surface area contributed by atoms with Crippen LogP contribution in [-0.4, -0.2) is 47.2 Å². The number of nitrogens with zero attached hydrogens (tertiary/aromatic N) is 1. The fourth-order valence-corrected chi connectivity index (χ4v) is 3.98. The van der Waals surface area contributed by atoms with Crippen LogP contribution in [0.3, 0.4) is 0 Å². The van der Waals surface area contributed by atoms with E-state index in [9.17, 15) is 14.4 Å². The third kappa shape index (κ3) is 6.62. The predicted octanol–water partition coefficient (Wildman–Crippen LogP) is 3.93. The van der Waals surface area contributed by atoms with Crippen LogP contribution in [0.15, 0.2) is 48.5 Å². The van der Waals surface area contributed by atoms with E-state index >= 15 is 0 Å². The summed E-state index contributed by atoms with van der Waals surface area (Å²) >= 11 is 1.25. The molecule has 3 rings (SSSR count). The predicted molar refractivity (Wildman–Crippen MR) is 122 cm³/mol. The number of anilines is 2. The van der Waals surface area contributed by atoms with Gasteiger partial charge in [-0.3, -0.25) is 14.4 Å². The summed E-state index contributed by atoms with van der Waals surface area (Å²) in [6.07, 6.45) is 3.24. The minimum Gasteiger partial charge on any atom is -0.339 e. The maximum Gasteiger partial charge on any atom is 0.253 e. The molecule has 1 heterocycles. The molecule has 3 amide bonds. The molecule has 0 unspecified atom stereocenters. The van der Waals surface area contributed by atoms with Gasteiger partial charge in [0.25, 0.3) is 5.91 Å². The number of nitrogens with one attached hydrogen (secondary N) is 2. The Kier molecular flexibility index (Phi) is 7.90. The molecule has 158 valence electrons. The molecule has 2 N–H and O–H groups in total. The van der Waals surface area contributed by atoms with Crippen LogP contribution in [0.1, 0.15) is 35.2 Å². The Bertz CT molecular complexity index is 910. The highest BCUT2D eigenvalue weighted by atomic mass is 32.2. The molecule has 0 aromatic heterocycles. The van der Waals surface area contributed by atoms with E-state index in [0.29, 0.717) is 11.3 Å². The molecule has 0 radical (unpaired) electrons. The maximum absolute atomic E-state index is 12.6. The van der Waals surface area contributed by atoms with Crippen LogP contribution in [0.5, 0.6) is 0 Å². The monoisotopic (exact) mass is 425 g/mol. The van der Waals surface area contributed by atoms with Crippen LogP contribution in [0.4, 0.5) is 11.4 Å². The van der Waals surface area contributed by atoms with Gasteiger partial charge in [0.1, 0.15) is 0 Å². The van der Waals surface area contributed by atoms with Gasteiger partial charge >= 0.3 is 0 Å². The van der Waals surface area contributed by atoms with Crippen LogP contribution in [0.25, 0.3) is 0 Å². The topological polar surface area (TPSA) is 78.5 Å². The Hall–Kier alpha value is -2.80. The summed E-state index contributed by atoms with van der Waals surface area (Å²) in [7, 11) is 0. The average molecular weight is 426 g/mol. The number of thioether (sulfide) groups is 1. The van der Waals surface area contributed by atoms with Crippen LogP contribution >= 0.6 is 11.8 Å². The van der Waals surface area contributed by atoms with Gasteiger partial charge in [-0.25, -0.2) is 0 Å². The number of hydrogen-bond acceptors (Lipinski definition) is 4. The van der Waals surface area contributed by atoms with Crippen molar-refractivity contribution in [3.05, 3.63) is 59.7 Å². The number of aryl methyl sites for hydroxylation is 1. The van der Waals surface area contributed by atoms with Crippen molar-refractivity contribution in [1.29, 1.82) is 0 Å². The van der Waals surface area contributed by atoms with Crippen LogP contribution < -0.4 is 10.6 Å². The summed E-state index contributed by atoms with van der Waals surface area (Å²) in [6, 6.07) is 14.6. The van der Waals surface area contributed by atoms with Gasteiger partial charge in [-0.1, -0.05) is 18.2 Å². The Balaban J connectivity index is 1.44. The lowest BCUT2D eigenvalue weighted by Gasteiger charge is -2.26. The number of hydrogen-bond donors (Lipinski definition) is 2. The van der Waals surface area contributed by atoms with E-state index in [1.807, 2.05) is 36.1 Å². The summed E-state index contributed by atoms with van der Waals surface area (Å²) in [6.45, 7) is 3.54. The van der Waals surface area contributed by atoms with E-state index in [1.165, 1.54) is 18.2 Å². The first-order chi connectivity index (χ1) is 14.5. The number of likely N-dealkylation sites (tertiary alicyclic amines) is 1. The summed E-state index contributed by atoms with van der Waals surface area (Å²) in [5, 5.41) is 5.63. The minimum absolute atomic E-state index is 0.00740. The summed E-state index contributed by atoms with van der Waals surface area (Å²) < 4.78 is 0. The van der Waals surface area contributed by atoms with Crippen molar-refractivity contribution in [2.45, 2.75) is 26.2 Å². The van der Waals surface area contributed by atoms with E-state index in [-0.39, 0.29) is 29.2 Å². The van der Waals surface area contributed by atoms with Gasteiger partial charge in [-0.2, -0.15) is 0 Å². The van der Waals surface area contributed by atoms with Gasteiger partial charge in [-0.15, -0.1) is 11.8 Å². The summed E-state index contributed by atoms with van der Waals surface area (Å²) in [5.41, 5.74) is 2.99. The lowest BCUT2D eigenvalue weighted by atomic mass is 10.1. The molecule has 7 heteroatoms. The first kappa shape index (κ1) is 21.9. The third-order valence-electron chi connectivity index (χ3n) is 4.80. The molecule has 0 saturated carbocycles. The fourth-order valence-electron chi connectivity index (χ4n) is 3.36. The van der Waals surface area contributed by atoms with Crippen molar-refractivity contribution in [2.24, 2.45) is 0 Å². The van der Waals surface area contributed by atoms with Gasteiger partial charge in [0.2, 0.25) is 11.8 Å². The third-order valence-corrected chi connectivity index (χ3v) is 5.74. The molecular formula is C23H27N3O3S. The Labute approximate surface area is 181 Å². The smallest absolute Gasteiger partial charge is 0.253 e. The lowest BCUT2D eigenvalue weighted by Crippen LogP contribution is -2.35. The molecule has 0 atom stereocenters. The van der Waals surface area contributed by atoms with E-state index in [4.69, 9.17) is 0 Å². The largest absolute Gasteiger partial charge is 0.339 e. The van der Waals surface area contributed by atoms with Gasteiger partial charge < -0.3 is 15.5 Å². The first-order valence-electron chi connectivity index (χ1n) is 10.1. The van der Waals surface area contributed by atoms with Crippen molar-refractivity contribution in [3.8, 4) is 0 Å². The average Bonchev–Trinajstić information content (AvgIpc) is 2.74. The Morgan fingerprint density at radius 2 is 1.47 bits per heavy atom. The zero-order valence-electron chi connectivity index (χ0n) is 17.1. The van der Waals surface area contributed by atoms with Gasteiger partial charge in [0.15, 0.2) is 0 Å². The van der Waals surface area contributed by atoms with Gasteiger partial charge in [-0.05, 0) is 62.1 Å². The van der Waals surface area contributed by atoms with Crippen molar-refractivity contribution in [2.75, 3.05) is 35.2 Å². The molecule has 0 aliphatic carbocycles. The Morgan fingerprint density at radius 3 is 2.10 bits per heavy atom. The molecule has 0 spiro atoms. The standard InChI is InChI=1S/C23H27N3O3S/c1-17-7-5-9-19(13-17)24-21(27)15-30-16-22(28)25-20-10-6-8-18(14-20)23(29)26-11-3-2-4-12-26/h5-10,13-14H,2-4,11-12,15-16H2,1H3,(H,24,27)(H,25,28). The number of rotatable bonds is 7. The lowest BCUT2D eigenvalue weighted by molar-refractivity contribution is -0.114. The summed E-state index contributed by atoms with van der Waals surface area (Å²) in [4.78, 5) is 38.7. The fraction of sp³-hybridized carbons (Fsp3) is 0.348. The number of benzene rings is 2. The van der Waals surface area contributed by atoms with Crippen LogP contribution in [0, 0.1) is 6.92 Å². The molecule has 0 bridgehead atoms. The first-order valence-corrected chi connectivity index (χ1v) is 11.3. The van der Waals surface area contributed by atoms with E-state index in [2.05, 4.69) is 10.6 Å². The van der Waals surface area contributed by atoms with Crippen LogP contribution in [0.2, 0.25) is 0 Å². The van der Waals surface area contributed by atoms with E-state index in [1.54, 1.807) is 24.3 Å². The van der Waals surface area contributed by atoms with Crippen molar-refractivity contribution >= 4 is 40.9 Å². The molecule has 2 aromatic carbocycles. The highest BCUT2D eigenvalue weighted by Crippen LogP contribution is 2.17. The number of piperidine rings is 1. The zero-order valence-corrected chi connectivity index (χ0v) is 18.0. The molecule has 1 fully saturated rings. The highest BCUT2D eigenvalue weighted by Gasteiger charge is 2.18. The Morgan fingerprint density at radius 1 is 0.867 bits per heavy atom. The normalized spacial score (nSPS) is 13.6. The van der Waals surface area contributed by atoms with Gasteiger partial charge in [0.05, 0.1) is 11.5 Å². The molecule has 1 aliphatic heterocycles. The summed E-state index contributed by atoms with van der Waals surface area (Å²) in [5.74, 6) is 0.00635. The maximum atomic E-state index is 12.6. The quantitative estimate of drug-likeness (QED) is 0.705. The van der Waals surface area contributed by atoms with Gasteiger partial charge in [0, 0.05) is 30.0 Å². The second kappa shape index (κ2) is 10.8. The van der Waals surface area contributed by atoms with E-state index in [0.717, 1.165) is 37.2 Å². The van der Waals surface area contributed by atoms with Crippen molar-refractivity contribution < 1.29 is 14.4 Å². The second-order valence-electron chi connectivity index (χ2n) is 7.39. The zero-order chi connectivity index (χ0) is 21.3. The van der Waals surface area contributed by atoms with E-state index < -0.39 is 0 Å². The van der Waals surface area contributed by atoms with Crippen molar-refractivity contribution in [1.82, 2.24) is 4.90 Å².